The highest BCUT2D eigenvalue weighted by atomic mass is 32.2. The third-order valence-corrected chi connectivity index (χ3v) is 2.59. The second-order valence-electron chi connectivity index (χ2n) is 2.77. The van der Waals surface area contributed by atoms with E-state index in [-0.39, 0.29) is 6.20 Å². The van der Waals surface area contributed by atoms with Gasteiger partial charge in [-0.2, -0.15) is 4.39 Å². The quantitative estimate of drug-likeness (QED) is 0.642. The first-order valence-electron chi connectivity index (χ1n) is 3.80. The Labute approximate surface area is 92.3 Å². The standard InChI is InChI=1S/C6H4F3N3O4S/c7-3-4(6(8)9)11-1-2(17(10,15)16)5(3)12(13)14/h1,6H,(H2,10,15,16). The van der Waals surface area contributed by atoms with Crippen molar-refractivity contribution in [3.05, 3.63) is 27.8 Å². The van der Waals surface area contributed by atoms with Crippen LogP contribution in [0.1, 0.15) is 12.1 Å². The van der Waals surface area contributed by atoms with Gasteiger partial charge in [0.1, 0.15) is 5.69 Å². The molecule has 0 fully saturated rings. The Kier molecular flexibility index (Phi) is 3.33. The zero-order valence-corrected chi connectivity index (χ0v) is 8.62. The van der Waals surface area contributed by atoms with Crippen molar-refractivity contribution < 1.29 is 26.5 Å². The number of primary sulfonamides is 1. The molecule has 0 bridgehead atoms. The number of hydrogen-bond acceptors (Lipinski definition) is 5. The largest absolute Gasteiger partial charge is 0.328 e. The van der Waals surface area contributed by atoms with Crippen molar-refractivity contribution in [2.75, 3.05) is 0 Å². The lowest BCUT2D eigenvalue weighted by Crippen LogP contribution is -2.16. The molecule has 94 valence electrons. The summed E-state index contributed by atoms with van der Waals surface area (Å²) in [5, 5.41) is 15.0. The molecule has 0 amide bonds. The summed E-state index contributed by atoms with van der Waals surface area (Å²) >= 11 is 0. The highest BCUT2D eigenvalue weighted by Crippen LogP contribution is 2.31. The van der Waals surface area contributed by atoms with Crippen LogP contribution < -0.4 is 5.14 Å². The van der Waals surface area contributed by atoms with Crippen molar-refractivity contribution in [1.29, 1.82) is 0 Å². The summed E-state index contributed by atoms with van der Waals surface area (Å²) in [5.41, 5.74) is -3.15. The highest BCUT2D eigenvalue weighted by Gasteiger charge is 2.33. The molecule has 11 heteroatoms. The number of pyridine rings is 1. The zero-order valence-electron chi connectivity index (χ0n) is 7.80. The van der Waals surface area contributed by atoms with Gasteiger partial charge >= 0.3 is 5.69 Å². The van der Waals surface area contributed by atoms with Crippen LogP contribution in [-0.4, -0.2) is 18.3 Å². The Morgan fingerprint density at radius 1 is 1.47 bits per heavy atom. The third kappa shape index (κ3) is 2.50. The van der Waals surface area contributed by atoms with Crippen molar-refractivity contribution in [2.24, 2.45) is 5.14 Å². The normalized spacial score (nSPS) is 11.8. The van der Waals surface area contributed by atoms with Crippen molar-refractivity contribution in [1.82, 2.24) is 4.98 Å². The molecule has 0 atom stereocenters. The van der Waals surface area contributed by atoms with E-state index in [4.69, 9.17) is 0 Å². The maximum atomic E-state index is 13.3. The first-order valence-corrected chi connectivity index (χ1v) is 5.34. The molecule has 1 aromatic rings. The smallest absolute Gasteiger partial charge is 0.258 e. The predicted molar refractivity (Wildman–Crippen MR) is 47.2 cm³/mol. The molecule has 1 heterocycles. The number of nitrogens with zero attached hydrogens (tertiary/aromatic N) is 2. The van der Waals surface area contributed by atoms with Crippen LogP contribution in [0.4, 0.5) is 18.9 Å². The molecular weight excluding hydrogens is 267 g/mol. The fourth-order valence-electron chi connectivity index (χ4n) is 1.01. The van der Waals surface area contributed by atoms with Gasteiger partial charge in [0, 0.05) is 0 Å². The maximum absolute atomic E-state index is 13.3. The van der Waals surface area contributed by atoms with Crippen molar-refractivity contribution in [3.63, 3.8) is 0 Å². The molecule has 1 rings (SSSR count). The third-order valence-electron chi connectivity index (χ3n) is 1.68. The highest BCUT2D eigenvalue weighted by molar-refractivity contribution is 7.89. The molecule has 0 saturated carbocycles. The minimum absolute atomic E-state index is 0.220. The van der Waals surface area contributed by atoms with Gasteiger partial charge in [-0.1, -0.05) is 0 Å². The summed E-state index contributed by atoms with van der Waals surface area (Å²) in [7, 11) is -4.63. The first-order chi connectivity index (χ1) is 7.66. The molecule has 0 radical (unpaired) electrons. The van der Waals surface area contributed by atoms with Crippen LogP contribution in [0, 0.1) is 15.9 Å². The van der Waals surface area contributed by atoms with Crippen LogP contribution in [0.15, 0.2) is 11.1 Å². The number of halogens is 3. The van der Waals surface area contributed by atoms with E-state index in [1.807, 2.05) is 0 Å². The van der Waals surface area contributed by atoms with E-state index in [9.17, 15) is 31.7 Å². The number of nitrogens with two attached hydrogens (primary N) is 1. The van der Waals surface area contributed by atoms with Crippen molar-refractivity contribution in [2.45, 2.75) is 11.3 Å². The van der Waals surface area contributed by atoms with Crippen LogP contribution in [0.25, 0.3) is 0 Å². The summed E-state index contributed by atoms with van der Waals surface area (Å²) in [6, 6.07) is 0. The SMILES string of the molecule is NS(=O)(=O)c1cnc(C(F)F)c(F)c1[N+](=O)[O-]. The van der Waals surface area contributed by atoms with E-state index in [1.54, 1.807) is 0 Å². The number of hydrogen-bond donors (Lipinski definition) is 1. The molecule has 0 spiro atoms. The van der Waals surface area contributed by atoms with Crippen LogP contribution >= 0.6 is 0 Å². The molecule has 0 aliphatic carbocycles. The molecule has 0 aromatic carbocycles. The molecule has 0 saturated heterocycles. The van der Waals surface area contributed by atoms with Crippen LogP contribution in [0.3, 0.4) is 0 Å². The molecule has 0 aliphatic rings. The van der Waals surface area contributed by atoms with Crippen LogP contribution in [-0.2, 0) is 10.0 Å². The van der Waals surface area contributed by atoms with Gasteiger partial charge in [0.2, 0.25) is 15.8 Å². The average Bonchev–Trinajstić information content (AvgIpc) is 2.14. The number of rotatable bonds is 3. The Balaban J connectivity index is 3.69. The van der Waals surface area contributed by atoms with Crippen molar-refractivity contribution in [3.8, 4) is 0 Å². The molecule has 0 unspecified atom stereocenters. The van der Waals surface area contributed by atoms with Crippen LogP contribution in [0.2, 0.25) is 0 Å². The number of aromatic nitrogens is 1. The van der Waals surface area contributed by atoms with Crippen LogP contribution in [0.5, 0.6) is 0 Å². The molecule has 1 aromatic heterocycles. The zero-order chi connectivity index (χ0) is 13.4. The summed E-state index contributed by atoms with van der Waals surface area (Å²) in [6.45, 7) is 0. The van der Waals surface area contributed by atoms with Gasteiger partial charge in [-0.3, -0.25) is 15.1 Å². The van der Waals surface area contributed by atoms with E-state index in [2.05, 4.69) is 10.1 Å². The summed E-state index contributed by atoms with van der Waals surface area (Å²) in [4.78, 5) is 10.5. The second kappa shape index (κ2) is 4.25. The van der Waals surface area contributed by atoms with Gasteiger partial charge in [0.25, 0.3) is 6.43 Å². The summed E-state index contributed by atoms with van der Waals surface area (Å²) < 4.78 is 59.4. The lowest BCUT2D eigenvalue weighted by atomic mass is 10.3. The predicted octanol–water partition coefficient (Wildman–Crippen LogP) is 0.714. The molecular formula is C6H4F3N3O4S. The lowest BCUT2D eigenvalue weighted by Gasteiger charge is -2.04. The Morgan fingerprint density at radius 2 is 2.00 bits per heavy atom. The van der Waals surface area contributed by atoms with E-state index in [0.717, 1.165) is 0 Å². The first kappa shape index (κ1) is 13.3. The van der Waals surface area contributed by atoms with E-state index in [0.29, 0.717) is 0 Å². The van der Waals surface area contributed by atoms with E-state index >= 15 is 0 Å². The Morgan fingerprint density at radius 3 is 2.35 bits per heavy atom. The summed E-state index contributed by atoms with van der Waals surface area (Å²) in [5.74, 6) is -2.02. The summed E-state index contributed by atoms with van der Waals surface area (Å²) in [6.07, 6.45) is -3.19. The monoisotopic (exact) mass is 271 g/mol. The molecule has 17 heavy (non-hydrogen) atoms. The second-order valence-corrected chi connectivity index (χ2v) is 4.30. The van der Waals surface area contributed by atoms with Gasteiger partial charge in [-0.25, -0.2) is 22.3 Å². The van der Waals surface area contributed by atoms with Gasteiger partial charge in [-0.15, -0.1) is 0 Å². The van der Waals surface area contributed by atoms with Gasteiger partial charge < -0.3 is 0 Å². The maximum Gasteiger partial charge on any atom is 0.328 e. The molecule has 0 aliphatic heterocycles. The minimum Gasteiger partial charge on any atom is -0.258 e. The van der Waals surface area contributed by atoms with Gasteiger partial charge in [0.15, 0.2) is 4.90 Å². The van der Waals surface area contributed by atoms with Gasteiger partial charge in [-0.05, 0) is 0 Å². The Hall–Kier alpha value is -1.75. The fourth-order valence-corrected chi connectivity index (χ4v) is 1.64. The van der Waals surface area contributed by atoms with Gasteiger partial charge in [0.05, 0.1) is 11.1 Å². The number of alkyl halides is 2. The average molecular weight is 271 g/mol. The molecule has 2 N–H and O–H groups in total. The number of sulfonamides is 1. The lowest BCUT2D eigenvalue weighted by molar-refractivity contribution is -0.390. The van der Waals surface area contributed by atoms with E-state index in [1.165, 1.54) is 0 Å². The number of nitro groups is 1. The fraction of sp³-hybridized carbons (Fsp3) is 0.167. The molecule has 7 nitrogen and oxygen atoms in total. The van der Waals surface area contributed by atoms with E-state index < -0.39 is 43.5 Å². The Bertz CT molecular complexity index is 574. The minimum atomic E-state index is -4.63. The van der Waals surface area contributed by atoms with Crippen molar-refractivity contribution >= 4 is 15.7 Å². The topological polar surface area (TPSA) is 116 Å².